The number of likely N-dealkylation sites (tertiary alicyclic amines) is 1. The van der Waals surface area contributed by atoms with Crippen molar-refractivity contribution in [3.05, 3.63) is 53.5 Å². The average Bonchev–Trinajstić information content (AvgIpc) is 2.98. The topological polar surface area (TPSA) is 82.8 Å². The van der Waals surface area contributed by atoms with Crippen LogP contribution in [0.1, 0.15) is 42.5 Å². The Kier molecular flexibility index (Phi) is 6.81. The van der Waals surface area contributed by atoms with Gasteiger partial charge in [0.2, 0.25) is 11.9 Å². The maximum absolute atomic E-state index is 14.3. The summed E-state index contributed by atoms with van der Waals surface area (Å²) in [5.74, 6) is 1.42. The molecule has 3 saturated heterocycles. The molecule has 10 heteroatoms. The summed E-state index contributed by atoms with van der Waals surface area (Å²) in [6.45, 7) is 9.34. The number of aryl methyl sites for hydroxylation is 1. The van der Waals surface area contributed by atoms with Crippen molar-refractivity contribution < 1.29 is 9.18 Å². The molecular formula is C32H39FN8O. The number of anilines is 3. The van der Waals surface area contributed by atoms with Crippen molar-refractivity contribution in [1.29, 1.82) is 5.26 Å². The molecule has 1 aliphatic carbocycles. The summed E-state index contributed by atoms with van der Waals surface area (Å²) in [5.41, 5.74) is 4.77. The molecule has 1 aromatic carbocycles. The molecule has 7 rings (SSSR count). The van der Waals surface area contributed by atoms with Gasteiger partial charge in [-0.25, -0.2) is 9.37 Å². The van der Waals surface area contributed by atoms with Crippen LogP contribution in [0.5, 0.6) is 0 Å². The fraction of sp³-hybridized carbons (Fsp3) is 0.562. The summed E-state index contributed by atoms with van der Waals surface area (Å²) in [6, 6.07) is 7.54. The van der Waals surface area contributed by atoms with Crippen molar-refractivity contribution in [2.75, 3.05) is 67.6 Å². The third kappa shape index (κ3) is 4.49. The lowest BCUT2D eigenvalue weighted by molar-refractivity contribution is -0.128. The number of hydrogen-bond acceptors (Lipinski definition) is 8. The molecule has 0 bridgehead atoms. The molecule has 1 aromatic heterocycles. The zero-order valence-corrected chi connectivity index (χ0v) is 24.4. The molecule has 0 radical (unpaired) electrons. The van der Waals surface area contributed by atoms with Gasteiger partial charge in [0.15, 0.2) is 0 Å². The van der Waals surface area contributed by atoms with Crippen molar-refractivity contribution in [2.24, 2.45) is 0 Å². The highest BCUT2D eigenvalue weighted by Crippen LogP contribution is 2.41. The minimum Gasteiger partial charge on any atom is -0.368 e. The summed E-state index contributed by atoms with van der Waals surface area (Å²) in [6.07, 6.45) is 7.46. The molecule has 2 aromatic rings. The van der Waals surface area contributed by atoms with E-state index < -0.39 is 0 Å². The molecule has 9 nitrogen and oxygen atoms in total. The van der Waals surface area contributed by atoms with Crippen molar-refractivity contribution in [1.82, 2.24) is 19.8 Å². The number of aromatic nitrogens is 2. The van der Waals surface area contributed by atoms with Gasteiger partial charge in [0.05, 0.1) is 29.8 Å². The van der Waals surface area contributed by atoms with E-state index in [2.05, 4.69) is 39.3 Å². The molecule has 0 saturated carbocycles. The minimum atomic E-state index is -0.213. The lowest BCUT2D eigenvalue weighted by Crippen LogP contribution is -2.76. The Morgan fingerprint density at radius 2 is 2.05 bits per heavy atom. The summed E-state index contributed by atoms with van der Waals surface area (Å²) in [4.78, 5) is 34.2. The normalized spacial score (nSPS) is 24.8. The van der Waals surface area contributed by atoms with E-state index in [1.165, 1.54) is 23.6 Å². The van der Waals surface area contributed by atoms with Crippen molar-refractivity contribution in [3.8, 4) is 6.07 Å². The Bertz CT molecular complexity index is 1450. The van der Waals surface area contributed by atoms with Crippen LogP contribution in [-0.2, 0) is 24.1 Å². The van der Waals surface area contributed by atoms with E-state index in [0.717, 1.165) is 81.4 Å². The molecule has 1 spiro atoms. The number of halogens is 1. The van der Waals surface area contributed by atoms with Crippen molar-refractivity contribution in [3.63, 3.8) is 0 Å². The van der Waals surface area contributed by atoms with E-state index in [0.29, 0.717) is 19.6 Å². The van der Waals surface area contributed by atoms with Crippen LogP contribution in [0.2, 0.25) is 0 Å². The van der Waals surface area contributed by atoms with Crippen molar-refractivity contribution >= 4 is 23.4 Å². The molecule has 2 atom stereocenters. The van der Waals surface area contributed by atoms with E-state index in [1.807, 2.05) is 6.07 Å². The van der Waals surface area contributed by atoms with Crippen LogP contribution < -0.4 is 14.7 Å². The molecule has 5 heterocycles. The second-order valence-corrected chi connectivity index (χ2v) is 12.7. The van der Waals surface area contributed by atoms with Gasteiger partial charge in [-0.2, -0.15) is 10.2 Å². The Labute approximate surface area is 247 Å². The van der Waals surface area contributed by atoms with Crippen LogP contribution in [0.4, 0.5) is 21.8 Å². The highest BCUT2D eigenvalue weighted by Gasteiger charge is 2.52. The molecule has 2 unspecified atom stereocenters. The SMILES string of the molecule is C=CC(=O)N1CCN(c2nc(N3CC4(CCN4C)C3)nc3c2CCC(N2CCCc4ccc(F)cc42)C3)CC1CC#N. The predicted octanol–water partition coefficient (Wildman–Crippen LogP) is 2.94. The number of likely N-dealkylation sites (N-methyl/N-ethyl adjacent to an activating group) is 1. The van der Waals surface area contributed by atoms with Gasteiger partial charge in [0, 0.05) is 69.5 Å². The van der Waals surface area contributed by atoms with Gasteiger partial charge in [-0.15, -0.1) is 0 Å². The van der Waals surface area contributed by atoms with E-state index in [9.17, 15) is 14.4 Å². The van der Waals surface area contributed by atoms with Gasteiger partial charge in [-0.3, -0.25) is 9.69 Å². The Morgan fingerprint density at radius 3 is 2.79 bits per heavy atom. The molecule has 220 valence electrons. The van der Waals surface area contributed by atoms with Gasteiger partial charge in [-0.05, 0) is 62.9 Å². The first-order chi connectivity index (χ1) is 20.4. The second-order valence-electron chi connectivity index (χ2n) is 12.7. The highest BCUT2D eigenvalue weighted by atomic mass is 19.1. The van der Waals surface area contributed by atoms with Gasteiger partial charge in [0.25, 0.3) is 0 Å². The first-order valence-electron chi connectivity index (χ1n) is 15.3. The number of hydrogen-bond donors (Lipinski definition) is 0. The van der Waals surface area contributed by atoms with E-state index >= 15 is 0 Å². The predicted molar refractivity (Wildman–Crippen MR) is 160 cm³/mol. The van der Waals surface area contributed by atoms with Crippen LogP contribution >= 0.6 is 0 Å². The first kappa shape index (κ1) is 27.1. The number of rotatable bonds is 5. The van der Waals surface area contributed by atoms with Gasteiger partial charge >= 0.3 is 0 Å². The first-order valence-corrected chi connectivity index (χ1v) is 15.3. The van der Waals surface area contributed by atoms with Gasteiger partial charge in [0.1, 0.15) is 11.6 Å². The summed E-state index contributed by atoms with van der Waals surface area (Å²) in [7, 11) is 2.20. The number of benzene rings is 1. The maximum Gasteiger partial charge on any atom is 0.246 e. The third-order valence-electron chi connectivity index (χ3n) is 10.4. The third-order valence-corrected chi connectivity index (χ3v) is 10.4. The van der Waals surface area contributed by atoms with Gasteiger partial charge in [-0.1, -0.05) is 12.6 Å². The van der Waals surface area contributed by atoms with Crippen LogP contribution in [0.3, 0.4) is 0 Å². The fourth-order valence-electron chi connectivity index (χ4n) is 7.78. The van der Waals surface area contributed by atoms with Crippen LogP contribution in [0, 0.1) is 17.1 Å². The van der Waals surface area contributed by atoms with E-state index in [1.54, 1.807) is 17.0 Å². The molecular weight excluding hydrogens is 531 g/mol. The van der Waals surface area contributed by atoms with Crippen LogP contribution in [0.15, 0.2) is 30.9 Å². The quantitative estimate of drug-likeness (QED) is 0.508. The number of piperazine rings is 1. The smallest absolute Gasteiger partial charge is 0.246 e. The highest BCUT2D eigenvalue weighted by molar-refractivity contribution is 5.87. The number of amides is 1. The van der Waals surface area contributed by atoms with Gasteiger partial charge < -0.3 is 19.6 Å². The monoisotopic (exact) mass is 570 g/mol. The Morgan fingerprint density at radius 1 is 1.19 bits per heavy atom. The zero-order valence-electron chi connectivity index (χ0n) is 24.4. The molecule has 3 fully saturated rings. The van der Waals surface area contributed by atoms with Crippen LogP contribution in [-0.4, -0.2) is 96.2 Å². The largest absolute Gasteiger partial charge is 0.368 e. The molecule has 42 heavy (non-hydrogen) atoms. The lowest BCUT2D eigenvalue weighted by Gasteiger charge is -2.61. The maximum atomic E-state index is 14.3. The minimum absolute atomic E-state index is 0.128. The number of fused-ring (bicyclic) bond motifs is 2. The lowest BCUT2D eigenvalue weighted by atomic mass is 9.78. The van der Waals surface area contributed by atoms with Crippen LogP contribution in [0.25, 0.3) is 0 Å². The summed E-state index contributed by atoms with van der Waals surface area (Å²) >= 11 is 0. The molecule has 4 aliphatic heterocycles. The molecule has 1 amide bonds. The number of carbonyl (C=O) groups excluding carboxylic acids is 1. The van der Waals surface area contributed by atoms with E-state index in [-0.39, 0.29) is 35.8 Å². The van der Waals surface area contributed by atoms with Crippen molar-refractivity contribution in [2.45, 2.75) is 62.6 Å². The average molecular weight is 571 g/mol. The molecule has 0 N–H and O–H groups in total. The number of nitriles is 1. The summed E-state index contributed by atoms with van der Waals surface area (Å²) < 4.78 is 14.3. The fourth-order valence-corrected chi connectivity index (χ4v) is 7.78. The Balaban J connectivity index is 1.21. The summed E-state index contributed by atoms with van der Waals surface area (Å²) in [5, 5.41) is 9.54. The number of carbonyl (C=O) groups is 1. The number of nitrogens with zero attached hydrogens (tertiary/aromatic N) is 8. The Hall–Kier alpha value is -3.71. The standard InChI is InChI=1S/C32H39FN8O/c1-3-29(42)41-16-15-38(19-25(41)10-12-34)30-26-9-8-24(40-13-4-5-22-6-7-23(33)17-28(22)40)18-27(26)35-31(36-30)39-20-32(21-39)11-14-37(32)2/h3,6-7,17,24-25H,1,4-5,8-11,13-16,18-21H2,2H3. The molecule has 5 aliphatic rings. The second kappa shape index (κ2) is 10.5. The zero-order chi connectivity index (χ0) is 29.0. The van der Waals surface area contributed by atoms with E-state index in [4.69, 9.17) is 9.97 Å².